The normalized spacial score (nSPS) is 16.6. The molecule has 2 N–H and O–H groups in total. The highest BCUT2D eigenvalue weighted by molar-refractivity contribution is 9.10. The van der Waals surface area contributed by atoms with Gasteiger partial charge < -0.3 is 14.4 Å². The summed E-state index contributed by atoms with van der Waals surface area (Å²) in [6.45, 7) is 0.898. The molecule has 1 aromatic heterocycles. The number of anilines is 1. The first kappa shape index (κ1) is 12.9. The van der Waals surface area contributed by atoms with E-state index in [1.807, 2.05) is 0 Å². The fourth-order valence-corrected chi connectivity index (χ4v) is 2.20. The van der Waals surface area contributed by atoms with Crippen molar-refractivity contribution in [2.45, 2.75) is 12.8 Å². The highest BCUT2D eigenvalue weighted by Crippen LogP contribution is 2.21. The van der Waals surface area contributed by atoms with E-state index in [1.54, 1.807) is 17.0 Å². The van der Waals surface area contributed by atoms with E-state index in [2.05, 4.69) is 21.2 Å². The lowest BCUT2D eigenvalue weighted by Gasteiger charge is -2.29. The number of nitrogens with one attached hydrogen (secondary N) is 1. The molecule has 0 bridgehead atoms. The number of nitrogens with zero attached hydrogens (tertiary/aromatic N) is 1. The van der Waals surface area contributed by atoms with Crippen molar-refractivity contribution < 1.29 is 19.1 Å². The standard InChI is InChI=1S/C11H13BrN2O4/c12-8-1-2-9(18-8)13-11(17)14-5-3-7(4-6-14)10(15)16/h1-2,7H,3-6H2,(H,13,17)(H,15,16). The minimum atomic E-state index is -0.787. The van der Waals surface area contributed by atoms with Gasteiger partial charge in [-0.1, -0.05) is 0 Å². The van der Waals surface area contributed by atoms with Crippen molar-refractivity contribution >= 4 is 33.8 Å². The number of piperidine rings is 1. The largest absolute Gasteiger partial charge is 0.481 e. The van der Waals surface area contributed by atoms with Gasteiger partial charge in [0, 0.05) is 19.2 Å². The molecular weight excluding hydrogens is 304 g/mol. The van der Waals surface area contributed by atoms with Crippen LogP contribution >= 0.6 is 15.9 Å². The maximum absolute atomic E-state index is 11.8. The van der Waals surface area contributed by atoms with E-state index in [1.165, 1.54) is 0 Å². The van der Waals surface area contributed by atoms with Gasteiger partial charge in [0.2, 0.25) is 5.88 Å². The molecule has 1 fully saturated rings. The summed E-state index contributed by atoms with van der Waals surface area (Å²) in [6.07, 6.45) is 0.981. The Kier molecular flexibility index (Phi) is 3.90. The Balaban J connectivity index is 1.86. The minimum absolute atomic E-state index is 0.263. The molecule has 7 heteroatoms. The van der Waals surface area contributed by atoms with Crippen molar-refractivity contribution in [1.82, 2.24) is 4.90 Å². The lowest BCUT2D eigenvalue weighted by Crippen LogP contribution is -2.42. The molecule has 98 valence electrons. The predicted molar refractivity (Wildman–Crippen MR) is 67.4 cm³/mol. The van der Waals surface area contributed by atoms with E-state index in [0.29, 0.717) is 36.5 Å². The molecular formula is C11H13BrN2O4. The number of carboxylic acids is 1. The van der Waals surface area contributed by atoms with Gasteiger partial charge in [0.25, 0.3) is 0 Å². The van der Waals surface area contributed by atoms with Crippen molar-refractivity contribution in [3.63, 3.8) is 0 Å². The zero-order valence-electron chi connectivity index (χ0n) is 9.56. The Morgan fingerprint density at radius 1 is 1.39 bits per heavy atom. The highest BCUT2D eigenvalue weighted by Gasteiger charge is 2.27. The van der Waals surface area contributed by atoms with Gasteiger partial charge >= 0.3 is 12.0 Å². The minimum Gasteiger partial charge on any atom is -0.481 e. The number of carbonyl (C=O) groups excluding carboxylic acids is 1. The number of aliphatic carboxylic acids is 1. The molecule has 0 saturated carbocycles. The Labute approximate surface area is 112 Å². The van der Waals surface area contributed by atoms with Crippen LogP contribution in [-0.4, -0.2) is 35.1 Å². The van der Waals surface area contributed by atoms with Crippen LogP contribution in [0, 0.1) is 5.92 Å². The molecule has 0 radical (unpaired) electrons. The van der Waals surface area contributed by atoms with Crippen LogP contribution in [0.15, 0.2) is 21.2 Å². The molecule has 6 nitrogen and oxygen atoms in total. The van der Waals surface area contributed by atoms with E-state index in [4.69, 9.17) is 9.52 Å². The van der Waals surface area contributed by atoms with Crippen molar-refractivity contribution in [2.75, 3.05) is 18.4 Å². The molecule has 0 aliphatic carbocycles. The van der Waals surface area contributed by atoms with Crippen molar-refractivity contribution in [1.29, 1.82) is 0 Å². The third kappa shape index (κ3) is 3.04. The van der Waals surface area contributed by atoms with Crippen LogP contribution in [0.5, 0.6) is 0 Å². The number of rotatable bonds is 2. The van der Waals surface area contributed by atoms with Crippen molar-refractivity contribution in [2.24, 2.45) is 5.92 Å². The second-order valence-electron chi connectivity index (χ2n) is 4.13. The summed E-state index contributed by atoms with van der Waals surface area (Å²) in [6, 6.07) is 3.07. The fraction of sp³-hybridized carbons (Fsp3) is 0.455. The third-order valence-electron chi connectivity index (χ3n) is 2.93. The number of furan rings is 1. The fourth-order valence-electron chi connectivity index (χ4n) is 1.90. The average Bonchev–Trinajstić information content (AvgIpc) is 2.75. The van der Waals surface area contributed by atoms with E-state index in [9.17, 15) is 9.59 Å². The van der Waals surface area contributed by atoms with Gasteiger partial charge in [0.1, 0.15) is 0 Å². The molecule has 2 rings (SSSR count). The first-order chi connectivity index (χ1) is 8.56. The van der Waals surface area contributed by atoms with Gasteiger partial charge in [-0.15, -0.1) is 0 Å². The number of hydrogen-bond acceptors (Lipinski definition) is 3. The predicted octanol–water partition coefficient (Wildman–Crippen LogP) is 2.37. The molecule has 1 aliphatic heterocycles. The number of urea groups is 1. The molecule has 0 atom stereocenters. The molecule has 1 aliphatic rings. The van der Waals surface area contributed by atoms with Crippen LogP contribution in [0.4, 0.5) is 10.7 Å². The summed E-state index contributed by atoms with van der Waals surface area (Å²) in [5.41, 5.74) is 0. The first-order valence-corrected chi connectivity index (χ1v) is 6.39. The number of carbonyl (C=O) groups is 2. The second kappa shape index (κ2) is 5.43. The molecule has 0 unspecified atom stereocenters. The summed E-state index contributed by atoms with van der Waals surface area (Å²) in [5.74, 6) is -0.760. The third-order valence-corrected chi connectivity index (χ3v) is 3.36. The Bertz CT molecular complexity index is 452. The Hall–Kier alpha value is -1.50. The summed E-state index contributed by atoms with van der Waals surface area (Å²) >= 11 is 3.15. The summed E-state index contributed by atoms with van der Waals surface area (Å²) in [7, 11) is 0. The average molecular weight is 317 g/mol. The molecule has 2 heterocycles. The summed E-state index contributed by atoms with van der Waals surface area (Å²) in [4.78, 5) is 24.2. The van der Waals surface area contributed by atoms with Crippen molar-refractivity contribution in [3.05, 3.63) is 16.8 Å². The summed E-state index contributed by atoms with van der Waals surface area (Å²) in [5, 5.41) is 11.5. The number of likely N-dealkylation sites (tertiary alicyclic amines) is 1. The van der Waals surface area contributed by atoms with Gasteiger partial charge in [-0.3, -0.25) is 10.1 Å². The van der Waals surface area contributed by atoms with Crippen LogP contribution < -0.4 is 5.32 Å². The Morgan fingerprint density at radius 2 is 2.06 bits per heavy atom. The molecule has 18 heavy (non-hydrogen) atoms. The zero-order valence-corrected chi connectivity index (χ0v) is 11.1. The van der Waals surface area contributed by atoms with E-state index >= 15 is 0 Å². The van der Waals surface area contributed by atoms with Crippen molar-refractivity contribution in [3.8, 4) is 0 Å². The lowest BCUT2D eigenvalue weighted by atomic mass is 9.97. The van der Waals surface area contributed by atoms with Crippen LogP contribution in [-0.2, 0) is 4.79 Å². The number of carboxylic acid groups (broad SMARTS) is 1. The van der Waals surface area contributed by atoms with Crippen LogP contribution in [0.3, 0.4) is 0 Å². The highest BCUT2D eigenvalue weighted by atomic mass is 79.9. The molecule has 1 saturated heterocycles. The number of amides is 2. The smallest absolute Gasteiger partial charge is 0.324 e. The molecule has 2 amide bonds. The molecule has 1 aromatic rings. The van der Waals surface area contributed by atoms with Gasteiger partial charge in [0.15, 0.2) is 4.67 Å². The van der Waals surface area contributed by atoms with Crippen LogP contribution in [0.2, 0.25) is 0 Å². The monoisotopic (exact) mass is 316 g/mol. The molecule has 0 spiro atoms. The Morgan fingerprint density at radius 3 is 2.56 bits per heavy atom. The van der Waals surface area contributed by atoms with Crippen LogP contribution in [0.1, 0.15) is 12.8 Å². The van der Waals surface area contributed by atoms with Gasteiger partial charge in [-0.2, -0.15) is 0 Å². The lowest BCUT2D eigenvalue weighted by molar-refractivity contribution is -0.143. The van der Waals surface area contributed by atoms with E-state index < -0.39 is 5.97 Å². The quantitative estimate of drug-likeness (QED) is 0.877. The van der Waals surface area contributed by atoms with Gasteiger partial charge in [-0.05, 0) is 34.8 Å². The first-order valence-electron chi connectivity index (χ1n) is 5.60. The number of hydrogen-bond donors (Lipinski definition) is 2. The molecule has 0 aromatic carbocycles. The summed E-state index contributed by atoms with van der Waals surface area (Å²) < 4.78 is 5.71. The maximum atomic E-state index is 11.8. The maximum Gasteiger partial charge on any atom is 0.324 e. The topological polar surface area (TPSA) is 82.8 Å². The van der Waals surface area contributed by atoms with E-state index in [-0.39, 0.29) is 11.9 Å². The zero-order chi connectivity index (χ0) is 13.1. The number of halogens is 1. The SMILES string of the molecule is O=C(O)C1CCN(C(=O)Nc2ccc(Br)o2)CC1. The van der Waals surface area contributed by atoms with Gasteiger partial charge in [-0.25, -0.2) is 4.79 Å². The van der Waals surface area contributed by atoms with Gasteiger partial charge in [0.05, 0.1) is 5.92 Å². The van der Waals surface area contributed by atoms with E-state index in [0.717, 1.165) is 0 Å². The van der Waals surface area contributed by atoms with Crippen LogP contribution in [0.25, 0.3) is 0 Å². The second-order valence-corrected chi connectivity index (χ2v) is 4.92.